The van der Waals surface area contributed by atoms with Gasteiger partial charge in [0.1, 0.15) is 0 Å². The molecule has 1 aliphatic heterocycles. The van der Waals surface area contributed by atoms with Crippen LogP contribution in [0.3, 0.4) is 0 Å². The van der Waals surface area contributed by atoms with Crippen LogP contribution in [0.5, 0.6) is 0 Å². The molecule has 1 fully saturated rings. The van der Waals surface area contributed by atoms with E-state index in [1.165, 1.54) is 0 Å². The molecule has 1 saturated heterocycles. The topological polar surface area (TPSA) is 100 Å². The standard InChI is InChI=1S/C18H16N4O4/c1-12(23)26-15-16(24)19-18(20-17(15)25)21-22(13-8-4-2-5-9-13)14-10-6-3-7-11-14/h2-11,15H,1H3,(H2,19,20,21,24,25). The Morgan fingerprint density at radius 2 is 1.38 bits per heavy atom. The van der Waals surface area contributed by atoms with Gasteiger partial charge in [0, 0.05) is 6.92 Å². The Labute approximate surface area is 149 Å². The molecule has 1 heterocycles. The number of nitrogens with zero attached hydrogens (tertiary/aromatic N) is 2. The molecule has 3 rings (SSSR count). The number of nitrogens with one attached hydrogen (secondary N) is 2. The Morgan fingerprint density at radius 1 is 0.923 bits per heavy atom. The van der Waals surface area contributed by atoms with E-state index in [2.05, 4.69) is 15.7 Å². The van der Waals surface area contributed by atoms with Gasteiger partial charge in [-0.3, -0.25) is 25.0 Å². The SMILES string of the molecule is CC(=O)OC1C(=O)NC(=NN(c2ccccc2)c2ccccc2)NC1=O. The van der Waals surface area contributed by atoms with Crippen LogP contribution in [0, 0.1) is 0 Å². The molecule has 0 spiro atoms. The number of hydrogen-bond acceptors (Lipinski definition) is 6. The molecule has 132 valence electrons. The van der Waals surface area contributed by atoms with Gasteiger partial charge in [-0.2, -0.15) is 0 Å². The van der Waals surface area contributed by atoms with E-state index in [4.69, 9.17) is 4.74 Å². The van der Waals surface area contributed by atoms with Crippen molar-refractivity contribution >= 4 is 35.1 Å². The molecule has 0 radical (unpaired) electrons. The fourth-order valence-electron chi connectivity index (χ4n) is 2.34. The van der Waals surface area contributed by atoms with Crippen molar-refractivity contribution in [3.63, 3.8) is 0 Å². The largest absolute Gasteiger partial charge is 0.442 e. The summed E-state index contributed by atoms with van der Waals surface area (Å²) >= 11 is 0. The molecule has 2 amide bonds. The quantitative estimate of drug-likeness (QED) is 0.490. The van der Waals surface area contributed by atoms with Crippen LogP contribution >= 0.6 is 0 Å². The predicted molar refractivity (Wildman–Crippen MR) is 94.3 cm³/mol. The maximum absolute atomic E-state index is 12.1. The molecular formula is C18H16N4O4. The third-order valence-electron chi connectivity index (χ3n) is 3.44. The highest BCUT2D eigenvalue weighted by Gasteiger charge is 2.36. The number of benzene rings is 2. The average Bonchev–Trinajstić information content (AvgIpc) is 2.64. The van der Waals surface area contributed by atoms with Crippen molar-refractivity contribution in [1.29, 1.82) is 0 Å². The van der Waals surface area contributed by atoms with Crippen LogP contribution in [-0.4, -0.2) is 29.8 Å². The van der Waals surface area contributed by atoms with Gasteiger partial charge in [-0.25, -0.2) is 5.01 Å². The zero-order valence-electron chi connectivity index (χ0n) is 13.9. The first-order valence-electron chi connectivity index (χ1n) is 7.82. The molecule has 1 aliphatic rings. The Hall–Kier alpha value is -3.68. The van der Waals surface area contributed by atoms with Crippen LogP contribution in [0.15, 0.2) is 65.8 Å². The molecule has 0 unspecified atom stereocenters. The van der Waals surface area contributed by atoms with Crippen molar-refractivity contribution in [2.75, 3.05) is 5.01 Å². The number of carbonyl (C=O) groups excluding carboxylic acids is 3. The third-order valence-corrected chi connectivity index (χ3v) is 3.44. The normalized spacial score (nSPS) is 16.3. The summed E-state index contributed by atoms with van der Waals surface area (Å²) in [6.45, 7) is 1.12. The van der Waals surface area contributed by atoms with Gasteiger partial charge >= 0.3 is 5.97 Å². The summed E-state index contributed by atoms with van der Waals surface area (Å²) in [5, 5.41) is 10.8. The van der Waals surface area contributed by atoms with Gasteiger partial charge in [-0.05, 0) is 24.3 Å². The summed E-state index contributed by atoms with van der Waals surface area (Å²) in [5.41, 5.74) is 1.47. The van der Waals surface area contributed by atoms with Crippen molar-refractivity contribution in [1.82, 2.24) is 10.6 Å². The molecule has 8 heteroatoms. The first-order chi connectivity index (χ1) is 12.5. The van der Waals surface area contributed by atoms with Gasteiger partial charge in [0.15, 0.2) is 0 Å². The average molecular weight is 352 g/mol. The number of rotatable bonds is 4. The van der Waals surface area contributed by atoms with Crippen molar-refractivity contribution in [3.8, 4) is 0 Å². The lowest BCUT2D eigenvalue weighted by molar-refractivity contribution is -0.160. The first kappa shape index (κ1) is 17.2. The van der Waals surface area contributed by atoms with Crippen molar-refractivity contribution in [2.45, 2.75) is 13.0 Å². The molecule has 26 heavy (non-hydrogen) atoms. The lowest BCUT2D eigenvalue weighted by Gasteiger charge is -2.25. The fourth-order valence-corrected chi connectivity index (χ4v) is 2.34. The summed E-state index contributed by atoms with van der Waals surface area (Å²) < 4.78 is 4.71. The van der Waals surface area contributed by atoms with Crippen LogP contribution in [0.4, 0.5) is 11.4 Å². The Morgan fingerprint density at radius 3 is 1.81 bits per heavy atom. The highest BCUT2D eigenvalue weighted by molar-refractivity contribution is 6.20. The highest BCUT2D eigenvalue weighted by Crippen LogP contribution is 2.25. The monoisotopic (exact) mass is 352 g/mol. The summed E-state index contributed by atoms with van der Waals surface area (Å²) in [7, 11) is 0. The number of carbonyl (C=O) groups is 3. The smallest absolute Gasteiger partial charge is 0.303 e. The van der Waals surface area contributed by atoms with E-state index in [0.29, 0.717) is 0 Å². The third kappa shape index (κ3) is 3.86. The number of hydrazone groups is 1. The molecule has 2 aromatic carbocycles. The lowest BCUT2D eigenvalue weighted by Crippen LogP contribution is -2.60. The second-order valence-corrected chi connectivity index (χ2v) is 5.40. The summed E-state index contributed by atoms with van der Waals surface area (Å²) in [6, 6.07) is 18.5. The fraction of sp³-hybridized carbons (Fsp3) is 0.111. The van der Waals surface area contributed by atoms with E-state index in [1.807, 2.05) is 60.7 Å². The second-order valence-electron chi connectivity index (χ2n) is 5.40. The number of hydrogen-bond donors (Lipinski definition) is 2. The van der Waals surface area contributed by atoms with Gasteiger partial charge < -0.3 is 4.74 Å². The molecule has 0 atom stereocenters. The van der Waals surface area contributed by atoms with Crippen molar-refractivity contribution in [3.05, 3.63) is 60.7 Å². The van der Waals surface area contributed by atoms with E-state index in [9.17, 15) is 14.4 Å². The maximum Gasteiger partial charge on any atom is 0.303 e. The summed E-state index contributed by atoms with van der Waals surface area (Å²) in [6.07, 6.45) is -1.53. The molecule has 0 aromatic heterocycles. The minimum atomic E-state index is -1.53. The van der Waals surface area contributed by atoms with E-state index in [0.717, 1.165) is 18.3 Å². The van der Waals surface area contributed by atoms with Gasteiger partial charge in [-0.15, -0.1) is 5.10 Å². The maximum atomic E-state index is 12.1. The number of amides is 2. The van der Waals surface area contributed by atoms with Crippen LogP contribution in [0.1, 0.15) is 6.92 Å². The van der Waals surface area contributed by atoms with Crippen LogP contribution in [0.25, 0.3) is 0 Å². The number of esters is 1. The number of ether oxygens (including phenoxy) is 1. The lowest BCUT2D eigenvalue weighted by atomic mass is 10.2. The summed E-state index contributed by atoms with van der Waals surface area (Å²) in [4.78, 5) is 35.1. The van der Waals surface area contributed by atoms with E-state index in [1.54, 1.807) is 5.01 Å². The number of anilines is 2. The molecule has 2 aromatic rings. The highest BCUT2D eigenvalue weighted by atomic mass is 16.6. The van der Waals surface area contributed by atoms with E-state index in [-0.39, 0.29) is 5.96 Å². The van der Waals surface area contributed by atoms with Crippen LogP contribution in [-0.2, 0) is 19.1 Å². The number of guanidine groups is 1. The van der Waals surface area contributed by atoms with Gasteiger partial charge in [0.25, 0.3) is 17.9 Å². The van der Waals surface area contributed by atoms with Crippen molar-refractivity contribution in [2.24, 2.45) is 5.10 Å². The molecule has 0 saturated carbocycles. The minimum absolute atomic E-state index is 0.0592. The zero-order valence-corrected chi connectivity index (χ0v) is 13.9. The molecule has 2 N–H and O–H groups in total. The molecule has 0 aliphatic carbocycles. The minimum Gasteiger partial charge on any atom is -0.442 e. The summed E-state index contributed by atoms with van der Waals surface area (Å²) in [5.74, 6) is -2.31. The Balaban J connectivity index is 1.91. The Bertz CT molecular complexity index is 793. The molecular weight excluding hydrogens is 336 g/mol. The first-order valence-corrected chi connectivity index (χ1v) is 7.82. The van der Waals surface area contributed by atoms with E-state index >= 15 is 0 Å². The predicted octanol–water partition coefficient (Wildman–Crippen LogP) is 1.27. The zero-order chi connectivity index (χ0) is 18.5. The van der Waals surface area contributed by atoms with Gasteiger partial charge in [0.2, 0.25) is 5.96 Å². The van der Waals surface area contributed by atoms with Crippen molar-refractivity contribution < 1.29 is 19.1 Å². The second kappa shape index (κ2) is 7.47. The number of para-hydroxylation sites is 2. The molecule has 0 bridgehead atoms. The van der Waals surface area contributed by atoms with Gasteiger partial charge in [-0.1, -0.05) is 36.4 Å². The van der Waals surface area contributed by atoms with Crippen LogP contribution < -0.4 is 15.6 Å². The molecule has 8 nitrogen and oxygen atoms in total. The van der Waals surface area contributed by atoms with Gasteiger partial charge in [0.05, 0.1) is 11.4 Å². The Kier molecular flexibility index (Phi) is 4.93. The van der Waals surface area contributed by atoms with E-state index < -0.39 is 23.9 Å². The van der Waals surface area contributed by atoms with Crippen LogP contribution in [0.2, 0.25) is 0 Å².